The van der Waals surface area contributed by atoms with Gasteiger partial charge in [-0.15, -0.1) is 0 Å². The number of benzene rings is 2. The molecule has 0 spiro atoms. The van der Waals surface area contributed by atoms with Crippen molar-refractivity contribution in [1.82, 2.24) is 0 Å². The fourth-order valence-corrected chi connectivity index (χ4v) is 1.89. The van der Waals surface area contributed by atoms with E-state index in [0.29, 0.717) is 16.3 Å². The van der Waals surface area contributed by atoms with E-state index in [1.807, 2.05) is 0 Å². The molecule has 88 valence electrons. The predicted octanol–water partition coefficient (Wildman–Crippen LogP) is 4.18. The van der Waals surface area contributed by atoms with Gasteiger partial charge < -0.3 is 5.73 Å². The van der Waals surface area contributed by atoms with Gasteiger partial charge in [-0.05, 0) is 36.8 Å². The van der Waals surface area contributed by atoms with Crippen LogP contribution in [0.1, 0.15) is 5.56 Å². The molecule has 1 nitrogen and oxygen atoms in total. The van der Waals surface area contributed by atoms with Gasteiger partial charge in [0.1, 0.15) is 11.6 Å². The number of halogens is 3. The molecule has 0 aliphatic heterocycles. The van der Waals surface area contributed by atoms with Crippen LogP contribution in [-0.4, -0.2) is 0 Å². The van der Waals surface area contributed by atoms with Crippen LogP contribution >= 0.6 is 11.6 Å². The molecule has 0 aliphatic carbocycles. The summed E-state index contributed by atoms with van der Waals surface area (Å²) in [4.78, 5) is 0. The van der Waals surface area contributed by atoms with E-state index in [9.17, 15) is 8.78 Å². The van der Waals surface area contributed by atoms with Crippen LogP contribution in [0.15, 0.2) is 30.3 Å². The molecule has 0 amide bonds. The Hall–Kier alpha value is -1.61. The third-order valence-corrected chi connectivity index (χ3v) is 2.84. The maximum atomic E-state index is 13.7. The second kappa shape index (κ2) is 4.34. The molecule has 0 saturated carbocycles. The van der Waals surface area contributed by atoms with Crippen molar-refractivity contribution in [1.29, 1.82) is 0 Å². The number of hydrogen-bond donors (Lipinski definition) is 1. The first-order valence-electron chi connectivity index (χ1n) is 5.00. The summed E-state index contributed by atoms with van der Waals surface area (Å²) in [6, 6.07) is 6.97. The summed E-state index contributed by atoms with van der Waals surface area (Å²) in [6.45, 7) is 1.51. The molecular weight excluding hydrogens is 244 g/mol. The van der Waals surface area contributed by atoms with Gasteiger partial charge in [-0.25, -0.2) is 8.78 Å². The van der Waals surface area contributed by atoms with Crippen molar-refractivity contribution < 1.29 is 8.78 Å². The zero-order chi connectivity index (χ0) is 12.6. The lowest BCUT2D eigenvalue weighted by atomic mass is 10.0. The van der Waals surface area contributed by atoms with Gasteiger partial charge in [-0.2, -0.15) is 0 Å². The Bertz CT molecular complexity index is 582. The topological polar surface area (TPSA) is 26.0 Å². The molecule has 0 atom stereocenters. The Morgan fingerprint density at radius 1 is 1.00 bits per heavy atom. The van der Waals surface area contributed by atoms with Gasteiger partial charge in [0.15, 0.2) is 0 Å². The highest BCUT2D eigenvalue weighted by atomic mass is 35.5. The Kier molecular flexibility index (Phi) is 3.03. The number of hydrogen-bond acceptors (Lipinski definition) is 1. The minimum Gasteiger partial charge on any atom is -0.399 e. The normalized spacial score (nSPS) is 10.6. The maximum Gasteiger partial charge on any atom is 0.131 e. The van der Waals surface area contributed by atoms with Crippen LogP contribution in [0.2, 0.25) is 5.02 Å². The average molecular weight is 254 g/mol. The summed E-state index contributed by atoms with van der Waals surface area (Å²) in [5.41, 5.74) is 6.85. The highest BCUT2D eigenvalue weighted by molar-refractivity contribution is 6.33. The van der Waals surface area contributed by atoms with E-state index in [1.54, 1.807) is 12.1 Å². The summed E-state index contributed by atoms with van der Waals surface area (Å²) in [7, 11) is 0. The first kappa shape index (κ1) is 11.9. The van der Waals surface area contributed by atoms with Crippen molar-refractivity contribution in [3.05, 3.63) is 52.6 Å². The highest BCUT2D eigenvalue weighted by Crippen LogP contribution is 2.32. The molecule has 2 aromatic rings. The first-order chi connectivity index (χ1) is 7.99. The van der Waals surface area contributed by atoms with Crippen LogP contribution in [0, 0.1) is 18.6 Å². The second-order valence-electron chi connectivity index (χ2n) is 3.82. The lowest BCUT2D eigenvalue weighted by molar-refractivity contribution is 0.595. The molecular formula is C13H10ClF2N. The minimum atomic E-state index is -0.504. The third kappa shape index (κ3) is 2.24. The second-order valence-corrected chi connectivity index (χ2v) is 4.23. The Balaban J connectivity index is 2.64. The van der Waals surface area contributed by atoms with Crippen LogP contribution in [0.4, 0.5) is 14.5 Å². The van der Waals surface area contributed by atoms with Crippen molar-refractivity contribution in [2.75, 3.05) is 5.73 Å². The fraction of sp³-hybridized carbons (Fsp3) is 0.0769. The van der Waals surface area contributed by atoms with E-state index in [4.69, 9.17) is 17.3 Å². The third-order valence-electron chi connectivity index (χ3n) is 2.53. The Morgan fingerprint density at radius 3 is 2.35 bits per heavy atom. The molecule has 0 heterocycles. The predicted molar refractivity (Wildman–Crippen MR) is 66.0 cm³/mol. The average Bonchev–Trinajstić information content (AvgIpc) is 2.24. The van der Waals surface area contributed by atoms with Gasteiger partial charge in [0.25, 0.3) is 0 Å². The molecule has 2 N–H and O–H groups in total. The number of aryl methyl sites for hydroxylation is 1. The number of rotatable bonds is 1. The van der Waals surface area contributed by atoms with E-state index in [0.717, 1.165) is 12.1 Å². The van der Waals surface area contributed by atoms with Crippen LogP contribution < -0.4 is 5.73 Å². The molecule has 2 rings (SSSR count). The molecule has 0 unspecified atom stereocenters. The summed E-state index contributed by atoms with van der Waals surface area (Å²) in [5.74, 6) is -0.968. The molecule has 17 heavy (non-hydrogen) atoms. The minimum absolute atomic E-state index is 0.137. The van der Waals surface area contributed by atoms with Gasteiger partial charge in [0.2, 0.25) is 0 Å². The molecule has 0 aliphatic rings. The lowest BCUT2D eigenvalue weighted by Gasteiger charge is -2.08. The molecule has 0 bridgehead atoms. The van der Waals surface area contributed by atoms with E-state index in [2.05, 4.69) is 0 Å². The number of nitrogen functional groups attached to an aromatic ring is 1. The summed E-state index contributed by atoms with van der Waals surface area (Å²) >= 11 is 5.96. The largest absolute Gasteiger partial charge is 0.399 e. The number of anilines is 1. The van der Waals surface area contributed by atoms with Crippen molar-refractivity contribution in [3.63, 3.8) is 0 Å². The molecule has 4 heteroatoms. The van der Waals surface area contributed by atoms with Gasteiger partial charge in [-0.1, -0.05) is 17.7 Å². The van der Waals surface area contributed by atoms with Crippen molar-refractivity contribution in [2.24, 2.45) is 0 Å². The molecule has 0 saturated heterocycles. The standard InChI is InChI=1S/C13H10ClF2N/c1-7-4-13(16)10(6-12(7)15)9-3-2-8(17)5-11(9)14/h2-6H,17H2,1H3. The van der Waals surface area contributed by atoms with E-state index in [-0.39, 0.29) is 11.1 Å². The smallest absolute Gasteiger partial charge is 0.131 e. The van der Waals surface area contributed by atoms with Crippen molar-refractivity contribution in [2.45, 2.75) is 6.92 Å². The van der Waals surface area contributed by atoms with Gasteiger partial charge in [0, 0.05) is 16.8 Å². The Labute approximate surface area is 103 Å². The summed E-state index contributed by atoms with van der Waals surface area (Å²) < 4.78 is 27.2. The Morgan fingerprint density at radius 2 is 1.71 bits per heavy atom. The van der Waals surface area contributed by atoms with Gasteiger partial charge in [0.05, 0.1) is 5.02 Å². The molecule has 2 aromatic carbocycles. The van der Waals surface area contributed by atoms with Crippen LogP contribution in [-0.2, 0) is 0 Å². The molecule has 0 radical (unpaired) electrons. The fourth-order valence-electron chi connectivity index (χ4n) is 1.60. The summed E-state index contributed by atoms with van der Waals surface area (Å²) in [5, 5.41) is 0.298. The summed E-state index contributed by atoms with van der Waals surface area (Å²) in [6.07, 6.45) is 0. The van der Waals surface area contributed by atoms with E-state index >= 15 is 0 Å². The first-order valence-corrected chi connectivity index (χ1v) is 5.38. The van der Waals surface area contributed by atoms with Gasteiger partial charge >= 0.3 is 0 Å². The van der Waals surface area contributed by atoms with E-state index < -0.39 is 11.6 Å². The maximum absolute atomic E-state index is 13.7. The monoisotopic (exact) mass is 253 g/mol. The van der Waals surface area contributed by atoms with Crippen LogP contribution in [0.3, 0.4) is 0 Å². The SMILES string of the molecule is Cc1cc(F)c(-c2ccc(N)cc2Cl)cc1F. The zero-order valence-corrected chi connectivity index (χ0v) is 9.85. The number of nitrogens with two attached hydrogens (primary N) is 1. The van der Waals surface area contributed by atoms with Gasteiger partial charge in [-0.3, -0.25) is 0 Å². The van der Waals surface area contributed by atoms with E-state index in [1.165, 1.54) is 13.0 Å². The lowest BCUT2D eigenvalue weighted by Crippen LogP contribution is -1.92. The molecule has 0 aromatic heterocycles. The van der Waals surface area contributed by atoms with Crippen molar-refractivity contribution in [3.8, 4) is 11.1 Å². The quantitative estimate of drug-likeness (QED) is 0.758. The zero-order valence-electron chi connectivity index (χ0n) is 9.10. The van der Waals surface area contributed by atoms with Crippen LogP contribution in [0.25, 0.3) is 11.1 Å². The van der Waals surface area contributed by atoms with Crippen molar-refractivity contribution >= 4 is 17.3 Å². The van der Waals surface area contributed by atoms with Crippen LogP contribution in [0.5, 0.6) is 0 Å². The molecule has 0 fully saturated rings. The highest BCUT2D eigenvalue weighted by Gasteiger charge is 2.12.